The van der Waals surface area contributed by atoms with Crippen molar-refractivity contribution in [1.29, 1.82) is 0 Å². The van der Waals surface area contributed by atoms with Gasteiger partial charge < -0.3 is 0 Å². The summed E-state index contributed by atoms with van der Waals surface area (Å²) in [6, 6.07) is 0. The van der Waals surface area contributed by atoms with Gasteiger partial charge in [0.1, 0.15) is 0 Å². The van der Waals surface area contributed by atoms with Gasteiger partial charge in [0.15, 0.2) is 17.4 Å². The molecule has 28 valence electrons. The van der Waals surface area contributed by atoms with Gasteiger partial charge in [0, 0.05) is 17.1 Å². The first-order chi connectivity index (χ1) is 1.00. The van der Waals surface area contributed by atoms with Gasteiger partial charge in [-0.05, 0) is 0 Å². The zero-order valence-corrected chi connectivity index (χ0v) is 3.93. The number of rotatable bonds is 0. The van der Waals surface area contributed by atoms with Gasteiger partial charge in [-0.3, -0.25) is 0 Å². The van der Waals surface area contributed by atoms with E-state index in [2.05, 4.69) is 0 Å². The summed E-state index contributed by atoms with van der Waals surface area (Å²) in [4.78, 5) is 0. The maximum atomic E-state index is 8.25. The second-order valence-electron chi connectivity index (χ2n) is 0. The molecule has 0 saturated carbocycles. The molecule has 5 heteroatoms. The van der Waals surface area contributed by atoms with Crippen LogP contribution in [-0.2, 0) is 40.8 Å². The minimum atomic E-state index is 0. The Morgan fingerprint density at radius 1 is 1.20 bits per heavy atom. The molecule has 0 fully saturated rings. The molecule has 0 N–H and O–H groups in total. The Hall–Kier alpha value is 2.33. The van der Waals surface area contributed by atoms with Gasteiger partial charge in [0.05, 0.1) is 0 Å². The fourth-order valence-corrected chi connectivity index (χ4v) is 0. The summed E-state index contributed by atoms with van der Waals surface area (Å²) in [5.41, 5.74) is 0. The second-order valence-corrected chi connectivity index (χ2v) is 0. The fraction of sp³-hybridized carbons (Fsp3) is 0. The zero-order chi connectivity index (χ0) is 2.00. The Labute approximate surface area is 80.1 Å². The van der Waals surface area contributed by atoms with E-state index < -0.39 is 0 Å². The van der Waals surface area contributed by atoms with Crippen LogP contribution in [0.3, 0.4) is 0 Å². The van der Waals surface area contributed by atoms with E-state index in [0.29, 0.717) is 0 Å². The summed E-state index contributed by atoms with van der Waals surface area (Å²) in [5, 5.41) is 0. The Balaban J connectivity index is -0.00000000167. The van der Waals surface area contributed by atoms with Crippen LogP contribution < -0.4 is 0 Å². The van der Waals surface area contributed by atoms with Crippen molar-refractivity contribution < 1.29 is 40.8 Å². The van der Waals surface area contributed by atoms with Gasteiger partial charge in [-0.25, -0.2) is 0 Å². The average molecular weight is 176 g/mol. The van der Waals surface area contributed by atoms with Gasteiger partial charge >= 0.3 is 46.8 Å². The van der Waals surface area contributed by atoms with Crippen LogP contribution in [0.5, 0.6) is 0 Å². The topological polar surface area (TPSA) is 17.1 Å². The van der Waals surface area contributed by atoms with Crippen LogP contribution >= 0.6 is 0 Å². The molecule has 0 atom stereocenters. The van der Waals surface area contributed by atoms with Crippen molar-refractivity contribution in [3.8, 4) is 0 Å². The molecule has 0 heterocycles. The normalized spacial score (nSPS) is 0.600. The predicted octanol–water partition coefficient (Wildman–Crippen LogP) is -2.22. The van der Waals surface area contributed by atoms with Crippen molar-refractivity contribution in [1.82, 2.24) is 0 Å². The van der Waals surface area contributed by atoms with Gasteiger partial charge in [-0.2, -0.15) is 0 Å². The Bertz CT molecular complexity index is 11.6. The first-order valence-corrected chi connectivity index (χ1v) is 0.842. The molecule has 0 aliphatic rings. The first-order valence-electron chi connectivity index (χ1n) is 0.204. The van der Waals surface area contributed by atoms with E-state index in [9.17, 15) is 0 Å². The Morgan fingerprint density at radius 3 is 1.20 bits per heavy atom. The van der Waals surface area contributed by atoms with E-state index >= 15 is 0 Å². The molecule has 1 nitrogen and oxygen atoms in total. The molecule has 0 aromatic rings. The first kappa shape index (κ1) is 26.5. The summed E-state index contributed by atoms with van der Waals surface area (Å²) in [6.45, 7) is 0. The van der Waals surface area contributed by atoms with Crippen molar-refractivity contribution in [2.75, 3.05) is 0 Å². The zero-order valence-electron chi connectivity index (χ0n) is 1.26. The molecular formula is H5AlFeMgOTi. The summed E-state index contributed by atoms with van der Waals surface area (Å²) in [5.74, 6) is 0. The Morgan fingerprint density at radius 2 is 1.20 bits per heavy atom. The van der Waals surface area contributed by atoms with Crippen LogP contribution in [0.2, 0.25) is 0 Å². The van der Waals surface area contributed by atoms with Crippen LogP contribution in [0.1, 0.15) is 0 Å². The van der Waals surface area contributed by atoms with Gasteiger partial charge in [0.25, 0.3) is 0 Å². The summed E-state index contributed by atoms with van der Waals surface area (Å²) < 4.78 is 8.25. The van der Waals surface area contributed by atoms with E-state index in [1.54, 1.807) is 0 Å². The van der Waals surface area contributed by atoms with Gasteiger partial charge in [-0.1, -0.05) is 0 Å². The van der Waals surface area contributed by atoms with E-state index in [1.807, 2.05) is 0 Å². The van der Waals surface area contributed by atoms with Gasteiger partial charge in [0.2, 0.25) is 0 Å². The molecule has 0 amide bonds. The van der Waals surface area contributed by atoms with Crippen LogP contribution in [0.4, 0.5) is 0 Å². The fourth-order valence-electron chi connectivity index (χ4n) is 0. The van der Waals surface area contributed by atoms with E-state index in [0.717, 1.165) is 20.4 Å². The maximum absolute atomic E-state index is 8.25. The molecular weight excluding hydrogens is 171 g/mol. The van der Waals surface area contributed by atoms with Crippen LogP contribution in [0, 0.1) is 0 Å². The third kappa shape index (κ3) is 21.8. The van der Waals surface area contributed by atoms with Crippen molar-refractivity contribution in [3.05, 3.63) is 0 Å². The van der Waals surface area contributed by atoms with E-state index in [-0.39, 0.29) is 57.5 Å². The van der Waals surface area contributed by atoms with E-state index in [1.165, 1.54) is 0 Å². The molecule has 0 rings (SSSR count). The SMILES string of the molecule is [AlH3].[Fe].[MgH2].[O]=[Ti]. The molecule has 0 aromatic carbocycles. The molecule has 0 radical (unpaired) electrons. The number of hydrogen-bond donors (Lipinski definition) is 0. The van der Waals surface area contributed by atoms with Crippen LogP contribution in [0.25, 0.3) is 0 Å². The molecule has 0 aliphatic heterocycles. The number of hydrogen-bond acceptors (Lipinski definition) is 1. The van der Waals surface area contributed by atoms with Crippen molar-refractivity contribution >= 4 is 40.4 Å². The summed E-state index contributed by atoms with van der Waals surface area (Å²) >= 11 is 0.750. The van der Waals surface area contributed by atoms with Crippen molar-refractivity contribution in [3.63, 3.8) is 0 Å². The average Bonchev–Trinajstić information content (AvgIpc) is 1.00. The molecule has 0 aliphatic carbocycles. The summed E-state index contributed by atoms with van der Waals surface area (Å²) in [7, 11) is 0. The quantitative estimate of drug-likeness (QED) is 0.382. The van der Waals surface area contributed by atoms with Crippen molar-refractivity contribution in [2.24, 2.45) is 0 Å². The van der Waals surface area contributed by atoms with E-state index in [4.69, 9.17) is 3.32 Å². The minimum absolute atomic E-state index is 0. The van der Waals surface area contributed by atoms with Crippen LogP contribution in [-0.4, -0.2) is 40.4 Å². The standard InChI is InChI=1S/Al.Fe.Mg.O.Ti.5H. The second kappa shape index (κ2) is 33.1. The molecule has 0 unspecified atom stereocenters. The molecule has 0 spiro atoms. The van der Waals surface area contributed by atoms with Crippen molar-refractivity contribution in [2.45, 2.75) is 0 Å². The predicted molar refractivity (Wildman–Crippen MR) is 19.2 cm³/mol. The molecule has 0 bridgehead atoms. The molecule has 5 heavy (non-hydrogen) atoms. The monoisotopic (exact) mass is 176 g/mol. The van der Waals surface area contributed by atoms with Gasteiger partial charge in [-0.15, -0.1) is 0 Å². The third-order valence-corrected chi connectivity index (χ3v) is 0. The summed E-state index contributed by atoms with van der Waals surface area (Å²) in [6.07, 6.45) is 0. The van der Waals surface area contributed by atoms with Crippen LogP contribution in [0.15, 0.2) is 0 Å². The third-order valence-electron chi connectivity index (χ3n) is 0. The molecule has 0 aromatic heterocycles. The molecule has 0 saturated heterocycles. The Kier molecular flexibility index (Phi) is 175.